The Kier molecular flexibility index (Phi) is 4.28. The van der Waals surface area contributed by atoms with Gasteiger partial charge in [0.25, 0.3) is 0 Å². The highest BCUT2D eigenvalue weighted by Gasteiger charge is 2.27. The fourth-order valence-electron chi connectivity index (χ4n) is 3.14. The van der Waals surface area contributed by atoms with Crippen molar-refractivity contribution in [1.82, 2.24) is 0 Å². The molecule has 2 rings (SSSR count). The SMILES string of the molecule is Cc1cc(C(=O)O)ccc1C(C)(C)c1ccc(C(=O)O)cc1C. The van der Waals surface area contributed by atoms with Crippen LogP contribution >= 0.6 is 0 Å². The first-order valence-corrected chi connectivity index (χ1v) is 7.33. The Balaban J connectivity index is 2.54. The zero-order valence-corrected chi connectivity index (χ0v) is 13.7. The molecule has 0 heterocycles. The van der Waals surface area contributed by atoms with Crippen LogP contribution in [0.25, 0.3) is 0 Å². The molecule has 23 heavy (non-hydrogen) atoms. The summed E-state index contributed by atoms with van der Waals surface area (Å²) in [5.41, 5.74) is 4.01. The van der Waals surface area contributed by atoms with Crippen LogP contribution < -0.4 is 0 Å². The van der Waals surface area contributed by atoms with Crippen molar-refractivity contribution in [2.75, 3.05) is 0 Å². The fourth-order valence-corrected chi connectivity index (χ4v) is 3.14. The number of aryl methyl sites for hydroxylation is 2. The molecule has 0 unspecified atom stereocenters. The second-order valence-electron chi connectivity index (χ2n) is 6.29. The molecule has 0 saturated carbocycles. The smallest absolute Gasteiger partial charge is 0.335 e. The fraction of sp³-hybridized carbons (Fsp3) is 0.263. The number of rotatable bonds is 4. The van der Waals surface area contributed by atoms with Gasteiger partial charge in [-0.1, -0.05) is 26.0 Å². The molecule has 0 bridgehead atoms. The van der Waals surface area contributed by atoms with Crippen LogP contribution in [-0.4, -0.2) is 22.2 Å². The number of carboxylic acids is 2. The minimum Gasteiger partial charge on any atom is -0.478 e. The number of hydrogen-bond acceptors (Lipinski definition) is 2. The third-order valence-corrected chi connectivity index (χ3v) is 4.29. The Bertz CT molecular complexity index is 722. The Hall–Kier alpha value is -2.62. The molecule has 0 spiro atoms. The standard InChI is InChI=1S/C19H20O4/c1-11-9-13(17(20)21)5-7-15(11)19(3,4)16-8-6-14(18(22)23)10-12(16)2/h5-10H,1-4H3,(H,20,21)(H,22,23). The van der Waals surface area contributed by atoms with Gasteiger partial charge in [0.15, 0.2) is 0 Å². The van der Waals surface area contributed by atoms with Gasteiger partial charge in [0.1, 0.15) is 0 Å². The summed E-state index contributed by atoms with van der Waals surface area (Å²) in [6.07, 6.45) is 0. The molecule has 0 saturated heterocycles. The maximum Gasteiger partial charge on any atom is 0.335 e. The van der Waals surface area contributed by atoms with E-state index < -0.39 is 11.9 Å². The van der Waals surface area contributed by atoms with Crippen molar-refractivity contribution in [2.45, 2.75) is 33.1 Å². The van der Waals surface area contributed by atoms with E-state index in [2.05, 4.69) is 13.8 Å². The molecule has 4 heteroatoms. The number of carbonyl (C=O) groups is 2. The lowest BCUT2D eigenvalue weighted by Crippen LogP contribution is -2.22. The first-order chi connectivity index (χ1) is 10.6. The minimum atomic E-state index is -0.945. The van der Waals surface area contributed by atoms with E-state index in [-0.39, 0.29) is 16.5 Å². The van der Waals surface area contributed by atoms with Gasteiger partial charge in [-0.3, -0.25) is 0 Å². The van der Waals surface area contributed by atoms with Crippen LogP contribution in [-0.2, 0) is 5.41 Å². The molecule has 0 radical (unpaired) electrons. The molecule has 120 valence electrons. The number of aromatic carboxylic acids is 2. The van der Waals surface area contributed by atoms with Crippen molar-refractivity contribution in [3.8, 4) is 0 Å². The molecule has 2 aromatic rings. The van der Waals surface area contributed by atoms with Crippen molar-refractivity contribution in [3.63, 3.8) is 0 Å². The molecule has 0 aliphatic heterocycles. The first kappa shape index (κ1) is 16.7. The van der Waals surface area contributed by atoms with Gasteiger partial charge in [-0.15, -0.1) is 0 Å². The lowest BCUT2D eigenvalue weighted by atomic mass is 9.74. The highest BCUT2D eigenvalue weighted by molar-refractivity contribution is 5.88. The van der Waals surface area contributed by atoms with Crippen molar-refractivity contribution in [2.24, 2.45) is 0 Å². The topological polar surface area (TPSA) is 74.6 Å². The zero-order chi connectivity index (χ0) is 17.4. The van der Waals surface area contributed by atoms with E-state index >= 15 is 0 Å². The van der Waals surface area contributed by atoms with Crippen molar-refractivity contribution in [3.05, 3.63) is 69.8 Å². The molecule has 0 aliphatic carbocycles. The van der Waals surface area contributed by atoms with Gasteiger partial charge < -0.3 is 10.2 Å². The molecule has 0 amide bonds. The van der Waals surface area contributed by atoms with E-state index in [1.807, 2.05) is 26.0 Å². The summed E-state index contributed by atoms with van der Waals surface area (Å²) in [4.78, 5) is 22.2. The summed E-state index contributed by atoms with van der Waals surface area (Å²) < 4.78 is 0. The van der Waals surface area contributed by atoms with Crippen molar-refractivity contribution < 1.29 is 19.8 Å². The third-order valence-electron chi connectivity index (χ3n) is 4.29. The molecule has 0 fully saturated rings. The minimum absolute atomic E-state index is 0.264. The Morgan fingerprint density at radius 1 is 0.783 bits per heavy atom. The molecule has 2 N–H and O–H groups in total. The largest absolute Gasteiger partial charge is 0.478 e. The summed E-state index contributed by atoms with van der Waals surface area (Å²) in [6, 6.07) is 10.2. The molecule has 4 nitrogen and oxygen atoms in total. The monoisotopic (exact) mass is 312 g/mol. The molecule has 0 atom stereocenters. The van der Waals surface area contributed by atoms with E-state index in [0.717, 1.165) is 22.3 Å². The van der Waals surface area contributed by atoms with Crippen LogP contribution in [0.15, 0.2) is 36.4 Å². The Labute approximate surface area is 135 Å². The molecule has 0 aromatic heterocycles. The van der Waals surface area contributed by atoms with E-state index in [1.165, 1.54) is 0 Å². The van der Waals surface area contributed by atoms with Gasteiger partial charge >= 0.3 is 11.9 Å². The van der Waals surface area contributed by atoms with Gasteiger partial charge in [-0.05, 0) is 60.4 Å². The number of benzene rings is 2. The van der Waals surface area contributed by atoms with E-state index in [9.17, 15) is 9.59 Å². The highest BCUT2D eigenvalue weighted by Crippen LogP contribution is 2.36. The summed E-state index contributed by atoms with van der Waals surface area (Å²) in [5.74, 6) is -1.89. The highest BCUT2D eigenvalue weighted by atomic mass is 16.4. The van der Waals surface area contributed by atoms with E-state index in [0.29, 0.717) is 0 Å². The quantitative estimate of drug-likeness (QED) is 0.894. The van der Waals surface area contributed by atoms with Gasteiger partial charge in [-0.2, -0.15) is 0 Å². The summed E-state index contributed by atoms with van der Waals surface area (Å²) in [6.45, 7) is 7.89. The van der Waals surface area contributed by atoms with Gasteiger partial charge in [0, 0.05) is 5.41 Å². The van der Waals surface area contributed by atoms with Crippen LogP contribution in [0.1, 0.15) is 56.8 Å². The summed E-state index contributed by atoms with van der Waals surface area (Å²) in [5, 5.41) is 18.2. The summed E-state index contributed by atoms with van der Waals surface area (Å²) in [7, 11) is 0. The second kappa shape index (κ2) is 5.88. The van der Waals surface area contributed by atoms with E-state index in [4.69, 9.17) is 10.2 Å². The third kappa shape index (κ3) is 3.11. The molecule has 0 aliphatic rings. The predicted molar refractivity (Wildman–Crippen MR) is 88.4 cm³/mol. The Morgan fingerprint density at radius 2 is 1.13 bits per heavy atom. The second-order valence-corrected chi connectivity index (χ2v) is 6.29. The van der Waals surface area contributed by atoms with Crippen LogP contribution in [0.2, 0.25) is 0 Å². The van der Waals surface area contributed by atoms with Crippen LogP contribution in [0.5, 0.6) is 0 Å². The van der Waals surface area contributed by atoms with Gasteiger partial charge in [0.05, 0.1) is 11.1 Å². The predicted octanol–water partition coefficient (Wildman–Crippen LogP) is 4.03. The lowest BCUT2D eigenvalue weighted by Gasteiger charge is -2.30. The molecular formula is C19H20O4. The Morgan fingerprint density at radius 3 is 1.39 bits per heavy atom. The normalized spacial score (nSPS) is 11.3. The average Bonchev–Trinajstić information content (AvgIpc) is 2.46. The van der Waals surface area contributed by atoms with Crippen molar-refractivity contribution >= 4 is 11.9 Å². The molecular weight excluding hydrogens is 292 g/mol. The zero-order valence-electron chi connectivity index (χ0n) is 13.7. The van der Waals surface area contributed by atoms with Crippen LogP contribution in [0.4, 0.5) is 0 Å². The number of carboxylic acid groups (broad SMARTS) is 2. The first-order valence-electron chi connectivity index (χ1n) is 7.33. The lowest BCUT2D eigenvalue weighted by molar-refractivity contribution is 0.0686. The maximum absolute atomic E-state index is 11.1. The number of hydrogen-bond donors (Lipinski definition) is 2. The van der Waals surface area contributed by atoms with E-state index in [1.54, 1.807) is 24.3 Å². The van der Waals surface area contributed by atoms with Crippen LogP contribution in [0, 0.1) is 13.8 Å². The van der Waals surface area contributed by atoms with Gasteiger partial charge in [0.2, 0.25) is 0 Å². The average molecular weight is 312 g/mol. The molecule has 2 aromatic carbocycles. The van der Waals surface area contributed by atoms with Crippen molar-refractivity contribution in [1.29, 1.82) is 0 Å². The van der Waals surface area contributed by atoms with Crippen LogP contribution in [0.3, 0.4) is 0 Å². The maximum atomic E-state index is 11.1. The summed E-state index contributed by atoms with van der Waals surface area (Å²) >= 11 is 0. The van der Waals surface area contributed by atoms with Gasteiger partial charge in [-0.25, -0.2) is 9.59 Å².